The summed E-state index contributed by atoms with van der Waals surface area (Å²) in [6, 6.07) is 7.50. The predicted molar refractivity (Wildman–Crippen MR) is 87.1 cm³/mol. The van der Waals surface area contributed by atoms with Crippen molar-refractivity contribution >= 4 is 17.6 Å². The van der Waals surface area contributed by atoms with E-state index in [0.717, 1.165) is 41.4 Å². The molecule has 0 aromatic carbocycles. The van der Waals surface area contributed by atoms with E-state index in [-0.39, 0.29) is 5.95 Å². The van der Waals surface area contributed by atoms with Crippen LogP contribution in [0.2, 0.25) is 0 Å². The lowest BCUT2D eigenvalue weighted by Crippen LogP contribution is -2.28. The summed E-state index contributed by atoms with van der Waals surface area (Å²) in [5, 5.41) is 0. The number of nitrogens with zero attached hydrogens (tertiary/aromatic N) is 3. The van der Waals surface area contributed by atoms with Crippen LogP contribution >= 0.6 is 0 Å². The zero-order valence-corrected chi connectivity index (χ0v) is 12.7. The van der Waals surface area contributed by atoms with Gasteiger partial charge in [0.15, 0.2) is 5.76 Å². The topological polar surface area (TPSA) is 81.3 Å². The van der Waals surface area contributed by atoms with Gasteiger partial charge in [-0.3, -0.25) is 4.90 Å². The van der Waals surface area contributed by atoms with E-state index in [1.807, 2.05) is 30.3 Å². The zero-order chi connectivity index (χ0) is 15.8. The number of rotatable bonds is 2. The quantitative estimate of drug-likeness (QED) is 0.784. The number of nitrogens with two attached hydrogens (primary N) is 1. The molecule has 1 aliphatic heterocycles. The Balaban J connectivity index is 1.91. The molecule has 3 aromatic rings. The summed E-state index contributed by atoms with van der Waals surface area (Å²) < 4.78 is 10.9. The standard InChI is InChI=1S/C17H16N4O2/c1-21-9-11(8-12-4-2-6-22-12)15-13(10-21)16(20-17(18)19-15)14-5-3-7-23-14/h2-8H,9-10H2,1H3,(H2,18,19,20)/b11-8-. The van der Waals surface area contributed by atoms with Gasteiger partial charge in [0.1, 0.15) is 11.5 Å². The van der Waals surface area contributed by atoms with E-state index >= 15 is 0 Å². The second-order valence-electron chi connectivity index (χ2n) is 5.59. The van der Waals surface area contributed by atoms with Gasteiger partial charge in [-0.25, -0.2) is 9.97 Å². The highest BCUT2D eigenvalue weighted by atomic mass is 16.3. The first-order chi connectivity index (χ1) is 11.2. The normalized spacial score (nSPS) is 16.7. The fraction of sp³-hybridized carbons (Fsp3) is 0.176. The number of hydrogen-bond acceptors (Lipinski definition) is 6. The highest BCUT2D eigenvalue weighted by Crippen LogP contribution is 2.33. The Morgan fingerprint density at radius 1 is 1.09 bits per heavy atom. The highest BCUT2D eigenvalue weighted by molar-refractivity contribution is 5.84. The van der Waals surface area contributed by atoms with Gasteiger partial charge >= 0.3 is 0 Å². The van der Waals surface area contributed by atoms with Gasteiger partial charge in [0, 0.05) is 18.7 Å². The molecule has 0 atom stereocenters. The van der Waals surface area contributed by atoms with Crippen LogP contribution in [0.4, 0.5) is 5.95 Å². The Bertz CT molecular complexity index is 851. The van der Waals surface area contributed by atoms with E-state index in [0.29, 0.717) is 5.76 Å². The molecule has 23 heavy (non-hydrogen) atoms. The summed E-state index contributed by atoms with van der Waals surface area (Å²) in [4.78, 5) is 11.1. The van der Waals surface area contributed by atoms with Crippen molar-refractivity contribution in [1.82, 2.24) is 14.9 Å². The van der Waals surface area contributed by atoms with E-state index in [2.05, 4.69) is 21.9 Å². The summed E-state index contributed by atoms with van der Waals surface area (Å²) in [5.41, 5.74) is 9.60. The number of hydrogen-bond donors (Lipinski definition) is 1. The monoisotopic (exact) mass is 308 g/mol. The second-order valence-corrected chi connectivity index (χ2v) is 5.59. The fourth-order valence-corrected chi connectivity index (χ4v) is 2.88. The molecule has 0 saturated carbocycles. The van der Waals surface area contributed by atoms with E-state index in [1.165, 1.54) is 0 Å². The number of fused-ring (bicyclic) bond motifs is 1. The van der Waals surface area contributed by atoms with Crippen LogP contribution in [0.1, 0.15) is 17.0 Å². The molecule has 6 heteroatoms. The number of aromatic nitrogens is 2. The van der Waals surface area contributed by atoms with Crippen LogP contribution in [0.15, 0.2) is 45.6 Å². The van der Waals surface area contributed by atoms with Gasteiger partial charge in [0.05, 0.1) is 18.2 Å². The van der Waals surface area contributed by atoms with Gasteiger partial charge in [-0.05, 0) is 43.0 Å². The van der Waals surface area contributed by atoms with Crippen molar-refractivity contribution in [3.05, 3.63) is 53.8 Å². The first kappa shape index (κ1) is 13.8. The molecule has 0 fully saturated rings. The van der Waals surface area contributed by atoms with E-state index in [9.17, 15) is 0 Å². The largest absolute Gasteiger partial charge is 0.465 e. The highest BCUT2D eigenvalue weighted by Gasteiger charge is 2.25. The Morgan fingerprint density at radius 2 is 1.87 bits per heavy atom. The Labute approximate surface area is 133 Å². The van der Waals surface area contributed by atoms with Gasteiger partial charge in [0.25, 0.3) is 0 Å². The molecule has 116 valence electrons. The molecule has 0 bridgehead atoms. The smallest absolute Gasteiger partial charge is 0.221 e. The van der Waals surface area contributed by atoms with Crippen LogP contribution in [0, 0.1) is 0 Å². The lowest BCUT2D eigenvalue weighted by atomic mass is 9.97. The average Bonchev–Trinajstić information content (AvgIpc) is 3.20. The van der Waals surface area contributed by atoms with Crippen molar-refractivity contribution in [3.8, 4) is 11.5 Å². The van der Waals surface area contributed by atoms with Crippen molar-refractivity contribution < 1.29 is 8.83 Å². The molecule has 0 saturated heterocycles. The van der Waals surface area contributed by atoms with Gasteiger partial charge in [-0.15, -0.1) is 0 Å². The maximum Gasteiger partial charge on any atom is 0.221 e. The van der Waals surface area contributed by atoms with E-state index in [1.54, 1.807) is 12.5 Å². The third-order valence-corrected chi connectivity index (χ3v) is 3.81. The molecular formula is C17H16N4O2. The number of furan rings is 2. The average molecular weight is 308 g/mol. The molecule has 6 nitrogen and oxygen atoms in total. The molecule has 4 heterocycles. The molecule has 0 amide bonds. The van der Waals surface area contributed by atoms with Gasteiger partial charge in [-0.1, -0.05) is 0 Å². The van der Waals surface area contributed by atoms with Gasteiger partial charge < -0.3 is 14.6 Å². The van der Waals surface area contributed by atoms with Crippen molar-refractivity contribution in [3.63, 3.8) is 0 Å². The number of anilines is 1. The summed E-state index contributed by atoms with van der Waals surface area (Å²) >= 11 is 0. The molecule has 0 spiro atoms. The zero-order valence-electron chi connectivity index (χ0n) is 12.7. The summed E-state index contributed by atoms with van der Waals surface area (Å²) in [5.74, 6) is 1.73. The van der Waals surface area contributed by atoms with Gasteiger partial charge in [-0.2, -0.15) is 0 Å². The van der Waals surface area contributed by atoms with E-state index < -0.39 is 0 Å². The van der Waals surface area contributed by atoms with Crippen molar-refractivity contribution in [2.75, 3.05) is 19.3 Å². The third-order valence-electron chi connectivity index (χ3n) is 3.81. The van der Waals surface area contributed by atoms with Crippen molar-refractivity contribution in [2.24, 2.45) is 0 Å². The van der Waals surface area contributed by atoms with Crippen LogP contribution in [0.5, 0.6) is 0 Å². The SMILES string of the molecule is CN1C/C(=C/c2ccco2)c2nc(N)nc(-c3ccco3)c2C1. The molecule has 1 aliphatic rings. The Hall–Kier alpha value is -2.86. The first-order valence-corrected chi connectivity index (χ1v) is 7.34. The minimum absolute atomic E-state index is 0.241. The second kappa shape index (κ2) is 5.40. The Kier molecular flexibility index (Phi) is 3.24. The molecule has 0 unspecified atom stereocenters. The number of nitrogen functional groups attached to an aromatic ring is 1. The summed E-state index contributed by atoms with van der Waals surface area (Å²) in [7, 11) is 2.06. The molecule has 4 rings (SSSR count). The third kappa shape index (κ3) is 2.53. The summed E-state index contributed by atoms with van der Waals surface area (Å²) in [6.45, 7) is 1.50. The number of likely N-dealkylation sites (N-methyl/N-ethyl adjacent to an activating group) is 1. The maximum absolute atomic E-state index is 5.93. The van der Waals surface area contributed by atoms with Crippen LogP contribution in [0.25, 0.3) is 23.1 Å². The lowest BCUT2D eigenvalue weighted by molar-refractivity contribution is 0.357. The van der Waals surface area contributed by atoms with Gasteiger partial charge in [0.2, 0.25) is 5.95 Å². The predicted octanol–water partition coefficient (Wildman–Crippen LogP) is 2.90. The van der Waals surface area contributed by atoms with E-state index in [4.69, 9.17) is 14.6 Å². The van der Waals surface area contributed by atoms with Crippen LogP contribution in [0.3, 0.4) is 0 Å². The van der Waals surface area contributed by atoms with Crippen LogP contribution in [-0.2, 0) is 6.54 Å². The van der Waals surface area contributed by atoms with Crippen LogP contribution in [-0.4, -0.2) is 28.5 Å². The molecule has 2 N–H and O–H groups in total. The van der Waals surface area contributed by atoms with Crippen LogP contribution < -0.4 is 5.73 Å². The molecule has 0 aliphatic carbocycles. The summed E-state index contributed by atoms with van der Waals surface area (Å²) in [6.07, 6.45) is 5.28. The lowest BCUT2D eigenvalue weighted by Gasteiger charge is -2.27. The van der Waals surface area contributed by atoms with Crippen molar-refractivity contribution in [1.29, 1.82) is 0 Å². The molecule has 3 aromatic heterocycles. The minimum atomic E-state index is 0.241. The maximum atomic E-state index is 5.93. The fourth-order valence-electron chi connectivity index (χ4n) is 2.88. The first-order valence-electron chi connectivity index (χ1n) is 7.34. The molecule has 0 radical (unpaired) electrons. The molecular weight excluding hydrogens is 292 g/mol. The Morgan fingerprint density at radius 3 is 2.61 bits per heavy atom. The van der Waals surface area contributed by atoms with Crippen molar-refractivity contribution in [2.45, 2.75) is 6.54 Å². The minimum Gasteiger partial charge on any atom is -0.465 e.